The molecule has 0 aliphatic rings. The van der Waals surface area contributed by atoms with E-state index in [0.717, 1.165) is 22.0 Å². The highest BCUT2D eigenvalue weighted by Gasteiger charge is 2.30. The van der Waals surface area contributed by atoms with Gasteiger partial charge < -0.3 is 16.6 Å². The van der Waals surface area contributed by atoms with Crippen LogP contribution in [0.5, 0.6) is 0 Å². The zero-order valence-electron chi connectivity index (χ0n) is 19.8. The number of guanidine groups is 1. The lowest BCUT2D eigenvalue weighted by atomic mass is 10.1. The standard InChI is InChI=1S/C23H25Cl2F3N6O4/c24-16-8-7-15(10-17(16)25)34(32-12-13-3-5-14(6-4-13)23(26,27)28)20(36)11-19(35)33(22(30)31)9-1-2-18(29)21(37)38/h3-8,10,18,32H,1-2,9,11-12,29H2,(H3,30,31)(H,37,38). The quantitative estimate of drug-likeness (QED) is 0.118. The smallest absolute Gasteiger partial charge is 0.416 e. The number of hydrogen-bond acceptors (Lipinski definition) is 6. The number of alkyl halides is 3. The zero-order chi connectivity index (χ0) is 28.6. The van der Waals surface area contributed by atoms with Crippen molar-refractivity contribution in [1.29, 1.82) is 5.41 Å². The number of carbonyl (C=O) groups is 3. The summed E-state index contributed by atoms with van der Waals surface area (Å²) in [5.41, 5.74) is 13.4. The number of nitrogens with zero attached hydrogens (tertiary/aromatic N) is 2. The van der Waals surface area contributed by atoms with E-state index in [4.69, 9.17) is 45.2 Å². The molecule has 2 amide bonds. The Kier molecular flexibility index (Phi) is 10.9. The fraction of sp³-hybridized carbons (Fsp3) is 0.304. The number of anilines is 1. The van der Waals surface area contributed by atoms with Crippen LogP contribution in [0.4, 0.5) is 18.9 Å². The molecule has 0 aromatic heterocycles. The molecule has 0 fully saturated rings. The average Bonchev–Trinajstić information content (AvgIpc) is 2.83. The number of nitrogens with one attached hydrogen (secondary N) is 2. The first-order valence-corrected chi connectivity index (χ1v) is 11.8. The SMILES string of the molecule is N=C(N)N(CCCC(N)C(=O)O)C(=O)CC(=O)N(NCc1ccc(C(F)(F)F)cc1)c1ccc(Cl)c(Cl)c1. The van der Waals surface area contributed by atoms with Gasteiger partial charge in [-0.1, -0.05) is 35.3 Å². The number of hydrazine groups is 1. The van der Waals surface area contributed by atoms with Crippen molar-refractivity contribution in [2.24, 2.45) is 11.5 Å². The van der Waals surface area contributed by atoms with Crippen LogP contribution in [0.3, 0.4) is 0 Å². The number of rotatable bonds is 11. The highest BCUT2D eigenvalue weighted by molar-refractivity contribution is 6.42. The number of carboxylic acid groups (broad SMARTS) is 1. The molecular weight excluding hydrogens is 552 g/mol. The summed E-state index contributed by atoms with van der Waals surface area (Å²) >= 11 is 12.0. The first-order valence-electron chi connectivity index (χ1n) is 11.0. The Hall–Kier alpha value is -3.39. The van der Waals surface area contributed by atoms with Crippen LogP contribution in [0, 0.1) is 5.41 Å². The van der Waals surface area contributed by atoms with Crippen molar-refractivity contribution >= 4 is 52.6 Å². The van der Waals surface area contributed by atoms with Crippen LogP contribution in [-0.4, -0.2) is 46.3 Å². The van der Waals surface area contributed by atoms with Crippen LogP contribution >= 0.6 is 23.2 Å². The van der Waals surface area contributed by atoms with E-state index in [-0.39, 0.29) is 41.7 Å². The van der Waals surface area contributed by atoms with Gasteiger partial charge in [0.1, 0.15) is 12.5 Å². The highest BCUT2D eigenvalue weighted by atomic mass is 35.5. The molecule has 0 saturated heterocycles. The maximum atomic E-state index is 13.1. The van der Waals surface area contributed by atoms with Crippen molar-refractivity contribution < 1.29 is 32.7 Å². The Bertz CT molecular complexity index is 1180. The lowest BCUT2D eigenvalue weighted by Gasteiger charge is -2.26. The molecule has 0 aliphatic heterocycles. The Morgan fingerprint density at radius 1 is 1.05 bits per heavy atom. The molecule has 2 aromatic carbocycles. The predicted molar refractivity (Wildman–Crippen MR) is 135 cm³/mol. The van der Waals surface area contributed by atoms with Gasteiger partial charge in [-0.2, -0.15) is 13.2 Å². The predicted octanol–water partition coefficient (Wildman–Crippen LogP) is 3.35. The summed E-state index contributed by atoms with van der Waals surface area (Å²) in [5, 5.41) is 17.8. The summed E-state index contributed by atoms with van der Waals surface area (Å²) in [5.74, 6) is -3.51. The second-order valence-corrected chi connectivity index (χ2v) is 8.87. The zero-order valence-corrected chi connectivity index (χ0v) is 21.3. The monoisotopic (exact) mass is 576 g/mol. The molecular formula is C23H25Cl2F3N6O4. The van der Waals surface area contributed by atoms with E-state index >= 15 is 0 Å². The Labute approximate surface area is 225 Å². The number of hydrogen-bond donors (Lipinski definition) is 5. The minimum atomic E-state index is -4.50. The van der Waals surface area contributed by atoms with E-state index < -0.39 is 47.9 Å². The number of benzene rings is 2. The number of nitrogens with two attached hydrogens (primary N) is 2. The summed E-state index contributed by atoms with van der Waals surface area (Å²) in [4.78, 5) is 37.6. The van der Waals surface area contributed by atoms with Gasteiger partial charge >= 0.3 is 12.1 Å². The largest absolute Gasteiger partial charge is 0.480 e. The molecule has 10 nitrogen and oxygen atoms in total. The van der Waals surface area contributed by atoms with Gasteiger partial charge in [0, 0.05) is 13.1 Å². The average molecular weight is 577 g/mol. The van der Waals surface area contributed by atoms with Crippen molar-refractivity contribution in [3.8, 4) is 0 Å². The van der Waals surface area contributed by atoms with Crippen LogP contribution in [-0.2, 0) is 27.1 Å². The van der Waals surface area contributed by atoms with Crippen molar-refractivity contribution in [1.82, 2.24) is 10.3 Å². The van der Waals surface area contributed by atoms with Crippen LogP contribution in [0.25, 0.3) is 0 Å². The van der Waals surface area contributed by atoms with E-state index in [0.29, 0.717) is 5.56 Å². The third-order valence-corrected chi connectivity index (χ3v) is 5.98. The second-order valence-electron chi connectivity index (χ2n) is 8.05. The molecule has 15 heteroatoms. The maximum absolute atomic E-state index is 13.1. The van der Waals surface area contributed by atoms with Crippen molar-refractivity contribution in [3.05, 3.63) is 63.6 Å². The topological polar surface area (TPSA) is 166 Å². The molecule has 0 saturated carbocycles. The lowest BCUT2D eigenvalue weighted by Crippen LogP contribution is -2.48. The molecule has 0 aliphatic carbocycles. The number of amides is 2. The van der Waals surface area contributed by atoms with Crippen LogP contribution in [0.15, 0.2) is 42.5 Å². The summed E-state index contributed by atoms with van der Waals surface area (Å²) in [6.07, 6.45) is -5.15. The maximum Gasteiger partial charge on any atom is 0.416 e. The van der Waals surface area contributed by atoms with Gasteiger partial charge in [-0.25, -0.2) is 10.4 Å². The third-order valence-electron chi connectivity index (χ3n) is 5.24. The molecule has 2 rings (SSSR count). The van der Waals surface area contributed by atoms with Gasteiger partial charge in [0.05, 0.1) is 21.3 Å². The Balaban J connectivity index is 2.19. The summed E-state index contributed by atoms with van der Waals surface area (Å²) < 4.78 is 38.5. The van der Waals surface area contributed by atoms with E-state index in [1.54, 1.807) is 0 Å². The Morgan fingerprint density at radius 2 is 1.68 bits per heavy atom. The fourth-order valence-corrected chi connectivity index (χ4v) is 3.50. The molecule has 7 N–H and O–H groups in total. The molecule has 38 heavy (non-hydrogen) atoms. The van der Waals surface area contributed by atoms with E-state index in [2.05, 4.69) is 5.43 Å². The summed E-state index contributed by atoms with van der Waals surface area (Å²) in [7, 11) is 0. The molecule has 206 valence electrons. The highest BCUT2D eigenvalue weighted by Crippen LogP contribution is 2.29. The summed E-state index contributed by atoms with van der Waals surface area (Å²) in [6, 6.07) is 7.29. The summed E-state index contributed by atoms with van der Waals surface area (Å²) in [6.45, 7) is -0.240. The van der Waals surface area contributed by atoms with E-state index in [1.807, 2.05) is 0 Å². The number of halogens is 5. The van der Waals surface area contributed by atoms with Crippen LogP contribution < -0.4 is 21.9 Å². The third kappa shape index (κ3) is 8.87. The fourth-order valence-electron chi connectivity index (χ4n) is 3.21. The molecule has 1 unspecified atom stereocenters. The van der Waals surface area contributed by atoms with Gasteiger partial charge in [-0.3, -0.25) is 24.7 Å². The van der Waals surface area contributed by atoms with Crippen molar-refractivity contribution in [2.75, 3.05) is 11.6 Å². The molecule has 0 spiro atoms. The molecule has 0 radical (unpaired) electrons. The second kappa shape index (κ2) is 13.4. The van der Waals surface area contributed by atoms with Crippen molar-refractivity contribution in [3.63, 3.8) is 0 Å². The van der Waals surface area contributed by atoms with E-state index in [9.17, 15) is 27.6 Å². The molecule has 0 bridgehead atoms. The van der Waals surface area contributed by atoms with Crippen LogP contribution in [0.1, 0.15) is 30.4 Å². The number of aliphatic carboxylic acids is 1. The first kappa shape index (κ1) is 30.8. The van der Waals surface area contributed by atoms with Gasteiger partial charge in [-0.05, 0) is 48.7 Å². The van der Waals surface area contributed by atoms with Crippen LogP contribution in [0.2, 0.25) is 10.0 Å². The number of carboxylic acids is 1. The van der Waals surface area contributed by atoms with Gasteiger partial charge in [0.15, 0.2) is 5.96 Å². The Morgan fingerprint density at radius 3 is 2.21 bits per heavy atom. The molecule has 0 heterocycles. The first-order chi connectivity index (χ1) is 17.7. The minimum Gasteiger partial charge on any atom is -0.480 e. The van der Waals surface area contributed by atoms with Gasteiger partial charge in [0.25, 0.3) is 5.91 Å². The number of carbonyl (C=O) groups excluding carboxylic acids is 2. The lowest BCUT2D eigenvalue weighted by molar-refractivity contribution is -0.139. The molecule has 2 aromatic rings. The van der Waals surface area contributed by atoms with Crippen molar-refractivity contribution in [2.45, 2.75) is 38.0 Å². The minimum absolute atomic E-state index is 0.00439. The molecule has 1 atom stereocenters. The normalized spacial score (nSPS) is 12.1. The van der Waals surface area contributed by atoms with Gasteiger partial charge in [0.2, 0.25) is 5.91 Å². The van der Waals surface area contributed by atoms with E-state index in [1.165, 1.54) is 30.3 Å². The van der Waals surface area contributed by atoms with Gasteiger partial charge in [-0.15, -0.1) is 0 Å².